The van der Waals surface area contributed by atoms with Crippen LogP contribution in [0.4, 0.5) is 32.2 Å². The number of nitrogens with two attached hydrogens (primary N) is 1. The summed E-state index contributed by atoms with van der Waals surface area (Å²) in [6.07, 6.45) is -4.28. The number of aromatic nitrogens is 3. The first-order valence-electron chi connectivity index (χ1n) is 5.91. The van der Waals surface area contributed by atoms with E-state index in [0.29, 0.717) is 16.9 Å². The molecule has 132 valence electrons. The van der Waals surface area contributed by atoms with Crippen LogP contribution in [0.25, 0.3) is 5.82 Å². The zero-order valence-corrected chi connectivity index (χ0v) is 13.1. The lowest BCUT2D eigenvalue weighted by atomic mass is 10.3. The second-order valence-corrected chi connectivity index (χ2v) is 6.27. The third-order valence-corrected chi connectivity index (χ3v) is 4.36. The van der Waals surface area contributed by atoms with E-state index >= 15 is 0 Å². The first kappa shape index (κ1) is 18.5. The molecule has 0 aliphatic carbocycles. The molecule has 2 rings (SSSR count). The van der Waals surface area contributed by atoms with E-state index in [1.807, 2.05) is 0 Å². The Morgan fingerprint density at radius 1 is 1.25 bits per heavy atom. The van der Waals surface area contributed by atoms with Gasteiger partial charge in [0.1, 0.15) is 10.7 Å². The number of alkyl halides is 6. The number of halogens is 7. The maximum Gasteiger partial charge on any atom is 0.476 e. The van der Waals surface area contributed by atoms with Gasteiger partial charge in [-0.25, -0.2) is 9.19 Å². The number of hydrogen-bond acceptors (Lipinski definition) is 4. The van der Waals surface area contributed by atoms with E-state index in [2.05, 4.69) is 10.1 Å². The molecule has 0 fully saturated rings. The summed E-state index contributed by atoms with van der Waals surface area (Å²) in [4.78, 5) is 2.63. The number of nitrogen functional groups attached to an aromatic ring is 1. The maximum absolute atomic E-state index is 12.6. The van der Waals surface area contributed by atoms with Gasteiger partial charge in [0.15, 0.2) is 16.6 Å². The molecule has 0 radical (unpaired) electrons. The second kappa shape index (κ2) is 5.92. The van der Waals surface area contributed by atoms with Crippen LogP contribution in [0.3, 0.4) is 0 Å². The zero-order chi connectivity index (χ0) is 18.4. The van der Waals surface area contributed by atoms with Crippen molar-refractivity contribution in [3.8, 4) is 5.82 Å². The molecule has 1 unspecified atom stereocenters. The van der Waals surface area contributed by atoms with Gasteiger partial charge in [0.25, 0.3) is 0 Å². The van der Waals surface area contributed by atoms with E-state index in [1.165, 1.54) is 0 Å². The highest BCUT2D eigenvalue weighted by molar-refractivity contribution is 7.86. The molecule has 13 heteroatoms. The molecule has 2 aromatic rings. The van der Waals surface area contributed by atoms with Crippen LogP contribution in [0.5, 0.6) is 0 Å². The van der Waals surface area contributed by atoms with Crippen molar-refractivity contribution in [2.45, 2.75) is 23.5 Å². The Morgan fingerprint density at radius 3 is 2.29 bits per heavy atom. The van der Waals surface area contributed by atoms with Crippen molar-refractivity contribution in [3.63, 3.8) is 0 Å². The molecule has 2 N–H and O–H groups in total. The molecule has 24 heavy (non-hydrogen) atoms. The fourth-order valence-corrected chi connectivity index (χ4v) is 2.84. The number of anilines is 1. The molecule has 2 aromatic heterocycles. The van der Waals surface area contributed by atoms with Gasteiger partial charge in [0.05, 0.1) is 16.3 Å². The number of hydrogen-bond donors (Lipinski definition) is 1. The van der Waals surface area contributed by atoms with Crippen LogP contribution in [0, 0.1) is 6.92 Å². The molecule has 0 amide bonds. The van der Waals surface area contributed by atoms with Crippen LogP contribution < -0.4 is 5.73 Å². The van der Waals surface area contributed by atoms with Gasteiger partial charge in [-0.15, -0.1) is 0 Å². The largest absolute Gasteiger partial charge is 0.476 e. The van der Waals surface area contributed by atoms with Crippen LogP contribution >= 0.6 is 11.6 Å². The molecule has 0 spiro atoms. The topological polar surface area (TPSA) is 73.8 Å². The van der Waals surface area contributed by atoms with Crippen molar-refractivity contribution >= 4 is 28.2 Å². The van der Waals surface area contributed by atoms with Crippen molar-refractivity contribution < 1.29 is 30.6 Å². The van der Waals surface area contributed by atoms with Crippen LogP contribution in [-0.4, -0.2) is 24.5 Å². The van der Waals surface area contributed by atoms with Gasteiger partial charge in [0, 0.05) is 6.20 Å². The van der Waals surface area contributed by atoms with E-state index in [9.17, 15) is 30.6 Å². The molecule has 0 saturated carbocycles. The van der Waals surface area contributed by atoms with Crippen LogP contribution in [0.2, 0.25) is 5.02 Å². The molecular formula is C11H7ClF6N4OS. The van der Waals surface area contributed by atoms with Crippen LogP contribution in [0.1, 0.15) is 11.3 Å². The average Bonchev–Trinajstić information content (AvgIpc) is 2.71. The van der Waals surface area contributed by atoms with Gasteiger partial charge < -0.3 is 5.73 Å². The van der Waals surface area contributed by atoms with E-state index in [-0.39, 0.29) is 5.69 Å². The quantitative estimate of drug-likeness (QED) is 0.794. The van der Waals surface area contributed by atoms with Crippen LogP contribution in [0.15, 0.2) is 17.2 Å². The second-order valence-electron chi connectivity index (χ2n) is 4.45. The van der Waals surface area contributed by atoms with Crippen molar-refractivity contribution in [1.82, 2.24) is 14.8 Å². The molecule has 1 atom stereocenters. The third-order valence-electron chi connectivity index (χ3n) is 2.78. The SMILES string of the molecule is Cc1nn(-c2ncc(C(F)(F)F)cc2Cl)c(N)c1S(=O)C(F)(F)F. The summed E-state index contributed by atoms with van der Waals surface area (Å²) < 4.78 is 87.6. The Hall–Kier alpha value is -1.82. The summed E-state index contributed by atoms with van der Waals surface area (Å²) in [6, 6.07) is 0.529. The van der Waals surface area contributed by atoms with Crippen molar-refractivity contribution in [3.05, 3.63) is 28.5 Å². The minimum absolute atomic E-state index is 0.319. The molecule has 0 aromatic carbocycles. The Morgan fingerprint density at radius 2 is 1.83 bits per heavy atom. The lowest BCUT2D eigenvalue weighted by molar-refractivity contribution is -0.137. The Balaban J connectivity index is 2.58. The van der Waals surface area contributed by atoms with E-state index in [1.54, 1.807) is 0 Å². The molecule has 0 aliphatic rings. The van der Waals surface area contributed by atoms with Crippen molar-refractivity contribution in [2.24, 2.45) is 0 Å². The predicted molar refractivity (Wildman–Crippen MR) is 73.0 cm³/mol. The normalized spacial score (nSPS) is 14.0. The summed E-state index contributed by atoms with van der Waals surface area (Å²) in [5.74, 6) is -1.10. The number of pyridine rings is 1. The molecule has 0 aliphatic heterocycles. The first-order valence-corrected chi connectivity index (χ1v) is 7.43. The smallest absolute Gasteiger partial charge is 0.383 e. The highest BCUT2D eigenvalue weighted by Crippen LogP contribution is 2.35. The van der Waals surface area contributed by atoms with Crippen molar-refractivity contribution in [1.29, 1.82) is 0 Å². The highest BCUT2D eigenvalue weighted by Gasteiger charge is 2.41. The van der Waals surface area contributed by atoms with Gasteiger partial charge in [-0.2, -0.15) is 36.1 Å². The standard InChI is InChI=1S/C11H7ClF6N4OS/c1-4-7(24(23)11(16,17)18)8(19)22(21-4)9-6(12)2-5(3-20-9)10(13,14)15/h2-3H,19H2,1H3. The van der Waals surface area contributed by atoms with Crippen LogP contribution in [-0.2, 0) is 17.0 Å². The average molecular weight is 393 g/mol. The lowest BCUT2D eigenvalue weighted by Gasteiger charge is -2.10. The minimum Gasteiger partial charge on any atom is -0.383 e. The first-order chi connectivity index (χ1) is 10.8. The molecular weight excluding hydrogens is 386 g/mol. The fourth-order valence-electron chi connectivity index (χ4n) is 1.78. The Kier molecular flexibility index (Phi) is 4.57. The van der Waals surface area contributed by atoms with Gasteiger partial charge >= 0.3 is 11.7 Å². The number of rotatable bonds is 2. The van der Waals surface area contributed by atoms with E-state index in [0.717, 1.165) is 6.92 Å². The van der Waals surface area contributed by atoms with Crippen molar-refractivity contribution in [2.75, 3.05) is 5.73 Å². The summed E-state index contributed by atoms with van der Waals surface area (Å²) in [5.41, 5.74) is -1.04. The highest BCUT2D eigenvalue weighted by atomic mass is 35.5. The molecule has 0 bridgehead atoms. The fraction of sp³-hybridized carbons (Fsp3) is 0.273. The Labute approximate surface area is 137 Å². The number of nitrogens with zero attached hydrogens (tertiary/aromatic N) is 3. The molecule has 0 saturated heterocycles. The minimum atomic E-state index is -5.08. The van der Waals surface area contributed by atoms with E-state index in [4.69, 9.17) is 17.3 Å². The lowest BCUT2D eigenvalue weighted by Crippen LogP contribution is -2.18. The summed E-state index contributed by atoms with van der Waals surface area (Å²) in [5, 5.41) is 3.10. The summed E-state index contributed by atoms with van der Waals surface area (Å²) in [6.45, 7) is 1.11. The van der Waals surface area contributed by atoms with Gasteiger partial charge in [-0.3, -0.25) is 0 Å². The van der Waals surface area contributed by atoms with Gasteiger partial charge in [-0.1, -0.05) is 11.6 Å². The maximum atomic E-state index is 12.6. The Bertz CT molecular complexity index is 816. The summed E-state index contributed by atoms with van der Waals surface area (Å²) in [7, 11) is -3.46. The molecule has 2 heterocycles. The van der Waals surface area contributed by atoms with Gasteiger partial charge in [-0.05, 0) is 13.0 Å². The zero-order valence-electron chi connectivity index (χ0n) is 11.5. The monoisotopic (exact) mass is 392 g/mol. The summed E-state index contributed by atoms with van der Waals surface area (Å²) >= 11 is 5.70. The van der Waals surface area contributed by atoms with Gasteiger partial charge in [0.2, 0.25) is 0 Å². The molecule has 5 nitrogen and oxygen atoms in total. The van der Waals surface area contributed by atoms with E-state index < -0.39 is 49.6 Å². The predicted octanol–water partition coefficient (Wildman–Crippen LogP) is 3.46. The number of aryl methyl sites for hydroxylation is 1. The third kappa shape index (κ3) is 3.34.